The fourth-order valence-electron chi connectivity index (χ4n) is 1.23. The van der Waals surface area contributed by atoms with E-state index in [-0.39, 0.29) is 0 Å². The van der Waals surface area contributed by atoms with Crippen LogP contribution in [0, 0.1) is 12.3 Å². The van der Waals surface area contributed by atoms with Crippen LogP contribution in [0.25, 0.3) is 0 Å². The molecule has 2 heterocycles. The minimum atomic E-state index is 0.404. The van der Waals surface area contributed by atoms with Gasteiger partial charge in [-0.2, -0.15) is 4.98 Å². The molecule has 2 rings (SSSR count). The normalized spacial score (nSPS) is 9.41. The molecule has 0 N–H and O–H groups in total. The molecule has 2 aromatic heterocycles. The van der Waals surface area contributed by atoms with E-state index in [4.69, 9.17) is 15.9 Å². The molecular formula is C13H10N2O2. The maximum absolute atomic E-state index is 5.47. The van der Waals surface area contributed by atoms with E-state index < -0.39 is 0 Å². The van der Waals surface area contributed by atoms with Gasteiger partial charge in [0.25, 0.3) is 0 Å². The summed E-state index contributed by atoms with van der Waals surface area (Å²) in [5.74, 6) is 3.73. The van der Waals surface area contributed by atoms with Crippen molar-refractivity contribution in [2.45, 2.75) is 0 Å². The van der Waals surface area contributed by atoms with Crippen molar-refractivity contribution in [3.63, 3.8) is 0 Å². The van der Waals surface area contributed by atoms with E-state index in [1.807, 2.05) is 0 Å². The molecule has 0 bridgehead atoms. The lowest BCUT2D eigenvalue weighted by atomic mass is 10.3. The molecule has 0 amide bonds. The molecule has 84 valence electrons. The van der Waals surface area contributed by atoms with E-state index in [0.29, 0.717) is 23.3 Å². The minimum Gasteiger partial charge on any atom is -0.481 e. The Labute approximate surface area is 99.2 Å². The van der Waals surface area contributed by atoms with Crippen LogP contribution in [0.2, 0.25) is 0 Å². The van der Waals surface area contributed by atoms with Gasteiger partial charge in [0.15, 0.2) is 0 Å². The zero-order valence-electron chi connectivity index (χ0n) is 9.25. The summed E-state index contributed by atoms with van der Waals surface area (Å²) in [6.07, 6.45) is 5.25. The molecule has 17 heavy (non-hydrogen) atoms. The molecule has 0 aliphatic carbocycles. The van der Waals surface area contributed by atoms with Gasteiger partial charge in [-0.3, -0.25) is 0 Å². The van der Waals surface area contributed by atoms with Crippen LogP contribution in [0.1, 0.15) is 5.69 Å². The van der Waals surface area contributed by atoms with Crippen molar-refractivity contribution in [2.24, 2.45) is 0 Å². The Morgan fingerprint density at radius 2 is 1.65 bits per heavy atom. The van der Waals surface area contributed by atoms with Crippen LogP contribution in [-0.4, -0.2) is 17.1 Å². The van der Waals surface area contributed by atoms with Crippen LogP contribution in [0.5, 0.6) is 17.6 Å². The number of hydrogen-bond donors (Lipinski definition) is 0. The Morgan fingerprint density at radius 3 is 2.35 bits per heavy atom. The van der Waals surface area contributed by atoms with Gasteiger partial charge in [-0.25, -0.2) is 4.98 Å². The number of nitrogens with zero attached hydrogens (tertiary/aromatic N) is 2. The molecule has 0 aliphatic rings. The first-order valence-electron chi connectivity index (χ1n) is 4.94. The van der Waals surface area contributed by atoms with Gasteiger partial charge in [0, 0.05) is 18.2 Å². The highest BCUT2D eigenvalue weighted by molar-refractivity contribution is 5.30. The first kappa shape index (κ1) is 11.0. The number of aromatic nitrogens is 2. The molecule has 0 unspecified atom stereocenters. The van der Waals surface area contributed by atoms with E-state index in [0.717, 1.165) is 0 Å². The smallest absolute Gasteiger partial charge is 0.224 e. The Hall–Kier alpha value is -2.54. The Balaban J connectivity index is 2.22. The molecular weight excluding hydrogens is 216 g/mol. The zero-order chi connectivity index (χ0) is 12.1. The summed E-state index contributed by atoms with van der Waals surface area (Å²) in [4.78, 5) is 8.21. The van der Waals surface area contributed by atoms with Gasteiger partial charge < -0.3 is 9.47 Å². The Morgan fingerprint density at radius 1 is 1.00 bits per heavy atom. The predicted molar refractivity (Wildman–Crippen MR) is 63.0 cm³/mol. The highest BCUT2D eigenvalue weighted by Gasteiger charge is 2.02. The van der Waals surface area contributed by atoms with Crippen molar-refractivity contribution in [3.8, 4) is 30.0 Å². The molecule has 0 fully saturated rings. The van der Waals surface area contributed by atoms with Gasteiger partial charge in [0.2, 0.25) is 17.6 Å². The zero-order valence-corrected chi connectivity index (χ0v) is 9.25. The highest BCUT2D eigenvalue weighted by Crippen LogP contribution is 2.19. The van der Waals surface area contributed by atoms with Crippen molar-refractivity contribution in [1.29, 1.82) is 0 Å². The lowest BCUT2D eigenvalue weighted by Gasteiger charge is -2.05. The van der Waals surface area contributed by atoms with Crippen molar-refractivity contribution in [3.05, 3.63) is 42.1 Å². The van der Waals surface area contributed by atoms with Gasteiger partial charge in [0.05, 0.1) is 7.11 Å². The SMILES string of the molecule is C#Cc1cccc(Oc2cccc(OC)n2)n1. The molecule has 0 aliphatic heterocycles. The van der Waals surface area contributed by atoms with Crippen molar-refractivity contribution < 1.29 is 9.47 Å². The lowest BCUT2D eigenvalue weighted by molar-refractivity contribution is 0.380. The maximum atomic E-state index is 5.47. The van der Waals surface area contributed by atoms with Crippen LogP contribution in [-0.2, 0) is 0 Å². The topological polar surface area (TPSA) is 44.2 Å². The predicted octanol–water partition coefficient (Wildman–Crippen LogP) is 2.26. The van der Waals surface area contributed by atoms with E-state index in [2.05, 4.69) is 15.9 Å². The van der Waals surface area contributed by atoms with Crippen LogP contribution < -0.4 is 9.47 Å². The molecule has 2 aromatic rings. The third-order valence-electron chi connectivity index (χ3n) is 1.99. The van der Waals surface area contributed by atoms with Crippen molar-refractivity contribution in [1.82, 2.24) is 9.97 Å². The largest absolute Gasteiger partial charge is 0.481 e. The fourth-order valence-corrected chi connectivity index (χ4v) is 1.23. The number of terminal acetylenes is 1. The number of hydrogen-bond acceptors (Lipinski definition) is 4. The third-order valence-corrected chi connectivity index (χ3v) is 1.99. The van der Waals surface area contributed by atoms with Crippen LogP contribution in [0.3, 0.4) is 0 Å². The minimum absolute atomic E-state index is 0.404. The molecule has 0 saturated carbocycles. The van der Waals surface area contributed by atoms with Crippen LogP contribution in [0.15, 0.2) is 36.4 Å². The summed E-state index contributed by atoms with van der Waals surface area (Å²) < 4.78 is 10.5. The van der Waals surface area contributed by atoms with Gasteiger partial charge in [0.1, 0.15) is 5.69 Å². The van der Waals surface area contributed by atoms with Gasteiger partial charge in [-0.15, -0.1) is 6.42 Å². The average molecular weight is 226 g/mol. The highest BCUT2D eigenvalue weighted by atomic mass is 16.5. The van der Waals surface area contributed by atoms with Gasteiger partial charge in [-0.05, 0) is 6.07 Å². The van der Waals surface area contributed by atoms with Crippen LogP contribution in [0.4, 0.5) is 0 Å². The number of ether oxygens (including phenoxy) is 2. The molecule has 4 nitrogen and oxygen atoms in total. The summed E-state index contributed by atoms with van der Waals surface area (Å²) >= 11 is 0. The first-order chi connectivity index (χ1) is 8.31. The molecule has 4 heteroatoms. The van der Waals surface area contributed by atoms with E-state index in [1.54, 1.807) is 43.5 Å². The summed E-state index contributed by atoms with van der Waals surface area (Å²) in [5.41, 5.74) is 0.519. The summed E-state index contributed by atoms with van der Waals surface area (Å²) in [5, 5.41) is 0. The summed E-state index contributed by atoms with van der Waals surface area (Å²) in [6, 6.07) is 10.4. The molecule has 0 spiro atoms. The number of rotatable bonds is 3. The van der Waals surface area contributed by atoms with Gasteiger partial charge >= 0.3 is 0 Å². The average Bonchev–Trinajstić information content (AvgIpc) is 2.39. The second-order valence-electron chi connectivity index (χ2n) is 3.13. The first-order valence-corrected chi connectivity index (χ1v) is 4.94. The molecule has 0 aromatic carbocycles. The second kappa shape index (κ2) is 4.99. The van der Waals surface area contributed by atoms with Crippen molar-refractivity contribution in [2.75, 3.05) is 7.11 Å². The van der Waals surface area contributed by atoms with E-state index in [9.17, 15) is 0 Å². The monoisotopic (exact) mass is 226 g/mol. The van der Waals surface area contributed by atoms with Crippen LogP contribution >= 0.6 is 0 Å². The second-order valence-corrected chi connectivity index (χ2v) is 3.13. The third kappa shape index (κ3) is 2.73. The fraction of sp³-hybridized carbons (Fsp3) is 0.0769. The molecule has 0 radical (unpaired) electrons. The van der Waals surface area contributed by atoms with Crippen molar-refractivity contribution >= 4 is 0 Å². The van der Waals surface area contributed by atoms with E-state index in [1.165, 1.54) is 0 Å². The quantitative estimate of drug-likeness (QED) is 0.753. The molecule has 0 atom stereocenters. The standard InChI is InChI=1S/C13H10N2O2/c1-3-10-6-4-8-12(14-10)17-13-9-5-7-11(15-13)16-2/h1,4-9H,2H3. The number of pyridine rings is 2. The van der Waals surface area contributed by atoms with E-state index >= 15 is 0 Å². The Bertz CT molecular complexity index is 561. The summed E-state index contributed by atoms with van der Waals surface area (Å²) in [7, 11) is 1.54. The lowest BCUT2D eigenvalue weighted by Crippen LogP contribution is -1.93. The molecule has 0 saturated heterocycles. The van der Waals surface area contributed by atoms with Gasteiger partial charge in [-0.1, -0.05) is 18.1 Å². The maximum Gasteiger partial charge on any atom is 0.224 e. The number of methoxy groups -OCH3 is 1. The summed E-state index contributed by atoms with van der Waals surface area (Å²) in [6.45, 7) is 0. The Kier molecular flexibility index (Phi) is 3.22.